The van der Waals surface area contributed by atoms with Gasteiger partial charge in [0.25, 0.3) is 0 Å². The van der Waals surface area contributed by atoms with Gasteiger partial charge in [-0.25, -0.2) is 9.48 Å². The summed E-state index contributed by atoms with van der Waals surface area (Å²) < 4.78 is 3.69. The molecule has 2 N–H and O–H groups in total. The van der Waals surface area contributed by atoms with Crippen molar-refractivity contribution in [3.63, 3.8) is 0 Å². The number of carbonyl (C=O) groups excluding carboxylic acids is 1. The van der Waals surface area contributed by atoms with Gasteiger partial charge in [0, 0.05) is 39.9 Å². The van der Waals surface area contributed by atoms with E-state index in [9.17, 15) is 10.1 Å². The summed E-state index contributed by atoms with van der Waals surface area (Å²) in [4.78, 5) is 15.2. The lowest BCUT2D eigenvalue weighted by atomic mass is 9.92. The fourth-order valence-corrected chi connectivity index (χ4v) is 5.26. The quantitative estimate of drug-likeness (QED) is 0.228. The third-order valence-corrected chi connectivity index (χ3v) is 7.59. The van der Waals surface area contributed by atoms with Gasteiger partial charge in [-0.05, 0) is 42.0 Å². The Kier molecular flexibility index (Phi) is 7.81. The predicted octanol–water partition coefficient (Wildman–Crippen LogP) is 6.68. The Labute approximate surface area is 243 Å². The molecule has 3 aromatic heterocycles. The molecule has 0 saturated heterocycles. The smallest absolute Gasteiger partial charge is 0.320 e. The summed E-state index contributed by atoms with van der Waals surface area (Å²) in [5.74, 6) is 1.70. The van der Waals surface area contributed by atoms with Crippen LogP contribution in [-0.4, -0.2) is 30.4 Å². The molecule has 5 rings (SSSR count). The van der Waals surface area contributed by atoms with Crippen LogP contribution in [0.2, 0.25) is 0 Å². The predicted molar refractivity (Wildman–Crippen MR) is 160 cm³/mol. The minimum Gasteiger partial charge on any atom is -0.334 e. The highest BCUT2D eigenvalue weighted by Gasteiger charge is 2.22. The molecule has 0 atom stereocenters. The van der Waals surface area contributed by atoms with E-state index in [4.69, 9.17) is 5.10 Å². The van der Waals surface area contributed by atoms with Gasteiger partial charge in [0.15, 0.2) is 5.65 Å². The SMILES string of the molecule is CC(C)c1nnc2ccc(Sc3ccccc3CNC(=O)Nc3cc(C(C)(C)C)nn3-c3cccc(C#N)c3)cn12. The minimum absolute atomic E-state index is 0.229. The number of hydrogen-bond donors (Lipinski definition) is 2. The third-order valence-electron chi connectivity index (χ3n) is 6.50. The number of benzene rings is 2. The van der Waals surface area contributed by atoms with E-state index in [0.717, 1.165) is 32.5 Å². The number of nitriles is 1. The van der Waals surface area contributed by atoms with Crippen LogP contribution in [-0.2, 0) is 12.0 Å². The first-order chi connectivity index (χ1) is 19.6. The number of carbonyl (C=O) groups is 1. The van der Waals surface area contributed by atoms with Crippen LogP contribution in [0, 0.1) is 11.3 Å². The van der Waals surface area contributed by atoms with Gasteiger partial charge >= 0.3 is 6.03 Å². The molecule has 0 aliphatic carbocycles. The molecule has 9 nitrogen and oxygen atoms in total. The van der Waals surface area contributed by atoms with E-state index >= 15 is 0 Å². The second-order valence-electron chi connectivity index (χ2n) is 11.1. The molecule has 0 fully saturated rings. The standard InChI is InChI=1S/C31H32N8OS/c1-20(2)29-36-35-27-14-13-24(19-38(27)29)41-25-12-7-6-10-22(25)18-33-30(40)34-28-16-26(31(3,4)5)37-39(28)23-11-8-9-21(15-23)17-32/h6-16,19-20H,18H2,1-5H3,(H2,33,34,40). The zero-order valence-electron chi connectivity index (χ0n) is 23.7. The Bertz CT molecular complexity index is 1760. The molecule has 0 saturated carbocycles. The van der Waals surface area contributed by atoms with Gasteiger partial charge in [-0.1, -0.05) is 70.6 Å². The van der Waals surface area contributed by atoms with Crippen LogP contribution in [0.1, 0.15) is 63.2 Å². The van der Waals surface area contributed by atoms with Crippen molar-refractivity contribution in [1.82, 2.24) is 29.7 Å². The van der Waals surface area contributed by atoms with Gasteiger partial charge in [-0.3, -0.25) is 9.72 Å². The van der Waals surface area contributed by atoms with Gasteiger partial charge in [0.2, 0.25) is 0 Å². The largest absolute Gasteiger partial charge is 0.334 e. The topological polar surface area (TPSA) is 113 Å². The van der Waals surface area contributed by atoms with Crippen molar-refractivity contribution in [2.75, 3.05) is 5.32 Å². The number of aromatic nitrogens is 5. The molecule has 5 aromatic rings. The number of nitrogens with zero attached hydrogens (tertiary/aromatic N) is 6. The van der Waals surface area contributed by atoms with Gasteiger partial charge < -0.3 is 5.32 Å². The van der Waals surface area contributed by atoms with E-state index in [2.05, 4.69) is 67.7 Å². The molecule has 41 heavy (non-hydrogen) atoms. The number of fused-ring (bicyclic) bond motifs is 1. The molecule has 3 heterocycles. The lowest BCUT2D eigenvalue weighted by molar-refractivity contribution is 0.251. The number of urea groups is 1. The highest BCUT2D eigenvalue weighted by molar-refractivity contribution is 7.99. The molecule has 0 aliphatic heterocycles. The molecule has 10 heteroatoms. The Morgan fingerprint density at radius 2 is 1.85 bits per heavy atom. The second kappa shape index (κ2) is 11.5. The summed E-state index contributed by atoms with van der Waals surface area (Å²) in [6.07, 6.45) is 2.06. The Balaban J connectivity index is 1.33. The summed E-state index contributed by atoms with van der Waals surface area (Å²) in [7, 11) is 0. The maximum atomic E-state index is 13.1. The molecule has 0 radical (unpaired) electrons. The van der Waals surface area contributed by atoms with Crippen LogP contribution < -0.4 is 10.6 Å². The van der Waals surface area contributed by atoms with E-state index in [0.29, 0.717) is 23.6 Å². The summed E-state index contributed by atoms with van der Waals surface area (Å²) in [5, 5.41) is 28.6. The van der Waals surface area contributed by atoms with E-state index < -0.39 is 0 Å². The number of anilines is 1. The van der Waals surface area contributed by atoms with Crippen molar-refractivity contribution in [3.05, 3.63) is 95.6 Å². The van der Waals surface area contributed by atoms with E-state index in [1.54, 1.807) is 34.6 Å². The van der Waals surface area contributed by atoms with Gasteiger partial charge in [0.05, 0.1) is 23.0 Å². The van der Waals surface area contributed by atoms with Gasteiger partial charge in [-0.2, -0.15) is 10.4 Å². The van der Waals surface area contributed by atoms with Crippen molar-refractivity contribution in [1.29, 1.82) is 5.26 Å². The Morgan fingerprint density at radius 1 is 1.05 bits per heavy atom. The zero-order chi connectivity index (χ0) is 29.1. The van der Waals surface area contributed by atoms with Crippen molar-refractivity contribution in [3.8, 4) is 11.8 Å². The molecule has 0 aliphatic rings. The van der Waals surface area contributed by atoms with E-state index in [-0.39, 0.29) is 17.4 Å². The summed E-state index contributed by atoms with van der Waals surface area (Å²) in [6.45, 7) is 10.7. The molecule has 2 amide bonds. The molecule has 0 bridgehead atoms. The fourth-order valence-electron chi connectivity index (χ4n) is 4.30. The monoisotopic (exact) mass is 564 g/mol. The van der Waals surface area contributed by atoms with Crippen LogP contribution >= 0.6 is 11.8 Å². The van der Waals surface area contributed by atoms with Crippen LogP contribution in [0.5, 0.6) is 0 Å². The lowest BCUT2D eigenvalue weighted by Crippen LogP contribution is -2.29. The number of amides is 2. The van der Waals surface area contributed by atoms with E-state index in [1.165, 1.54) is 0 Å². The zero-order valence-corrected chi connectivity index (χ0v) is 24.5. The van der Waals surface area contributed by atoms with Gasteiger partial charge in [-0.15, -0.1) is 10.2 Å². The second-order valence-corrected chi connectivity index (χ2v) is 12.2. The highest BCUT2D eigenvalue weighted by atomic mass is 32.2. The van der Waals surface area contributed by atoms with E-state index in [1.807, 2.05) is 52.9 Å². The summed E-state index contributed by atoms with van der Waals surface area (Å²) >= 11 is 1.63. The molecular weight excluding hydrogens is 532 g/mol. The number of rotatable bonds is 7. The summed E-state index contributed by atoms with van der Waals surface area (Å²) in [5.41, 5.74) is 3.62. The average Bonchev–Trinajstić information content (AvgIpc) is 3.57. The van der Waals surface area contributed by atoms with Crippen molar-refractivity contribution in [2.24, 2.45) is 0 Å². The highest BCUT2D eigenvalue weighted by Crippen LogP contribution is 2.31. The first-order valence-electron chi connectivity index (χ1n) is 13.4. The first kappa shape index (κ1) is 27.9. The summed E-state index contributed by atoms with van der Waals surface area (Å²) in [6, 6.07) is 22.8. The van der Waals surface area contributed by atoms with Gasteiger partial charge in [0.1, 0.15) is 11.6 Å². The molecule has 208 valence electrons. The van der Waals surface area contributed by atoms with Crippen LogP contribution in [0.25, 0.3) is 11.3 Å². The van der Waals surface area contributed by atoms with Crippen LogP contribution in [0.15, 0.2) is 82.7 Å². The fraction of sp³-hybridized carbons (Fsp3) is 0.258. The third kappa shape index (κ3) is 6.26. The Morgan fingerprint density at radius 3 is 2.61 bits per heavy atom. The van der Waals surface area contributed by atoms with Crippen molar-refractivity contribution in [2.45, 2.75) is 62.3 Å². The Hall–Kier alpha value is -4.62. The maximum absolute atomic E-state index is 13.1. The van der Waals surface area contributed by atoms with Crippen molar-refractivity contribution < 1.29 is 4.79 Å². The van der Waals surface area contributed by atoms with Crippen LogP contribution in [0.4, 0.5) is 10.6 Å². The average molecular weight is 565 g/mol. The first-order valence-corrected chi connectivity index (χ1v) is 14.2. The molecule has 0 spiro atoms. The lowest BCUT2D eigenvalue weighted by Gasteiger charge is -2.14. The molecular formula is C31H32N8OS. The van der Waals surface area contributed by atoms with Crippen LogP contribution in [0.3, 0.4) is 0 Å². The van der Waals surface area contributed by atoms with Crippen molar-refractivity contribution >= 4 is 29.3 Å². The number of hydrogen-bond acceptors (Lipinski definition) is 6. The maximum Gasteiger partial charge on any atom is 0.320 e. The number of nitrogens with one attached hydrogen (secondary N) is 2. The minimum atomic E-state index is -0.352. The molecule has 2 aromatic carbocycles. The molecule has 0 unspecified atom stereocenters. The normalized spacial score (nSPS) is 11.5. The number of pyridine rings is 1.